The second-order valence-corrected chi connectivity index (χ2v) is 4.54. The third-order valence-electron chi connectivity index (χ3n) is 3.45. The van der Waals surface area contributed by atoms with Crippen LogP contribution in [0.25, 0.3) is 11.3 Å². The molecule has 1 aromatic carbocycles. The maximum atomic E-state index is 11.2. The number of H-pyrrole nitrogens is 1. The molecule has 3 rings (SSSR count). The van der Waals surface area contributed by atoms with Crippen LogP contribution in [0.3, 0.4) is 0 Å². The summed E-state index contributed by atoms with van der Waals surface area (Å²) in [5, 5.41) is 0. The summed E-state index contributed by atoms with van der Waals surface area (Å²) >= 11 is 0. The summed E-state index contributed by atoms with van der Waals surface area (Å²) < 4.78 is 0. The van der Waals surface area contributed by atoms with Crippen LogP contribution in [-0.2, 0) is 0 Å². The maximum Gasteiger partial charge on any atom is 0.345 e. The highest BCUT2D eigenvalue weighted by molar-refractivity contribution is 5.59. The number of aromatic amines is 1. The lowest BCUT2D eigenvalue weighted by molar-refractivity contribution is 0.420. The number of hydrogen-bond donors (Lipinski definition) is 1. The number of benzene rings is 1. The van der Waals surface area contributed by atoms with Crippen molar-refractivity contribution in [1.29, 1.82) is 0 Å². The van der Waals surface area contributed by atoms with Gasteiger partial charge in [-0.2, -0.15) is 0 Å². The number of nitrogens with zero attached hydrogens (tertiary/aromatic N) is 1. The lowest BCUT2D eigenvalue weighted by atomic mass is 9.79. The molecule has 1 N–H and O–H groups in total. The molecule has 3 nitrogen and oxygen atoms in total. The highest BCUT2D eigenvalue weighted by Crippen LogP contribution is 2.37. The first-order chi connectivity index (χ1) is 8.33. The monoisotopic (exact) mass is 226 g/mol. The van der Waals surface area contributed by atoms with Gasteiger partial charge in [0.2, 0.25) is 0 Å². The van der Waals surface area contributed by atoms with Crippen LogP contribution in [0, 0.1) is 0 Å². The van der Waals surface area contributed by atoms with Crippen LogP contribution in [0.1, 0.15) is 30.7 Å². The van der Waals surface area contributed by atoms with Gasteiger partial charge in [-0.15, -0.1) is 0 Å². The standard InChI is InChI=1S/C14H14N2O/c17-14-15-8-7-13(16-14)12-6-2-5-11(9-12)10-3-1-4-10/h2,5-10H,1,3-4H2,(H,15,16,17). The van der Waals surface area contributed by atoms with Gasteiger partial charge in [-0.25, -0.2) is 9.78 Å². The summed E-state index contributed by atoms with van der Waals surface area (Å²) in [5.41, 5.74) is 2.99. The summed E-state index contributed by atoms with van der Waals surface area (Å²) in [6.07, 6.45) is 5.46. The SMILES string of the molecule is O=c1nccc(-c2cccc(C3CCC3)c2)[nH]1. The fourth-order valence-electron chi connectivity index (χ4n) is 2.24. The first-order valence-corrected chi connectivity index (χ1v) is 5.98. The summed E-state index contributed by atoms with van der Waals surface area (Å²) in [6, 6.07) is 10.3. The van der Waals surface area contributed by atoms with Gasteiger partial charge in [0.05, 0.1) is 5.69 Å². The van der Waals surface area contributed by atoms with Crippen molar-refractivity contribution in [3.8, 4) is 11.3 Å². The van der Waals surface area contributed by atoms with Gasteiger partial charge >= 0.3 is 5.69 Å². The van der Waals surface area contributed by atoms with E-state index in [1.54, 1.807) is 6.20 Å². The Balaban J connectivity index is 2.00. The zero-order valence-corrected chi connectivity index (χ0v) is 9.52. The fraction of sp³-hybridized carbons (Fsp3) is 0.286. The molecule has 1 aromatic heterocycles. The average molecular weight is 226 g/mol. The van der Waals surface area contributed by atoms with E-state index in [9.17, 15) is 4.79 Å². The molecule has 1 aliphatic rings. The van der Waals surface area contributed by atoms with E-state index in [2.05, 4.69) is 28.2 Å². The zero-order chi connectivity index (χ0) is 11.7. The Morgan fingerprint density at radius 1 is 1.24 bits per heavy atom. The van der Waals surface area contributed by atoms with E-state index in [0.29, 0.717) is 5.92 Å². The number of aromatic nitrogens is 2. The van der Waals surface area contributed by atoms with Crippen LogP contribution >= 0.6 is 0 Å². The lowest BCUT2D eigenvalue weighted by Gasteiger charge is -2.26. The van der Waals surface area contributed by atoms with Crippen LogP contribution in [0.15, 0.2) is 41.3 Å². The molecule has 0 radical (unpaired) electrons. The normalized spacial score (nSPS) is 15.5. The van der Waals surface area contributed by atoms with E-state index in [1.165, 1.54) is 24.8 Å². The topological polar surface area (TPSA) is 45.8 Å². The second kappa shape index (κ2) is 4.17. The largest absolute Gasteiger partial charge is 0.345 e. The fourth-order valence-corrected chi connectivity index (χ4v) is 2.24. The highest BCUT2D eigenvalue weighted by atomic mass is 16.1. The van der Waals surface area contributed by atoms with E-state index in [1.807, 2.05) is 12.1 Å². The molecule has 1 fully saturated rings. The summed E-state index contributed by atoms with van der Waals surface area (Å²) in [7, 11) is 0. The lowest BCUT2D eigenvalue weighted by Crippen LogP contribution is -2.10. The van der Waals surface area contributed by atoms with Crippen molar-refractivity contribution in [2.45, 2.75) is 25.2 Å². The predicted octanol–water partition coefficient (Wildman–Crippen LogP) is 2.70. The first kappa shape index (κ1) is 10.3. The molecule has 86 valence electrons. The van der Waals surface area contributed by atoms with E-state index in [4.69, 9.17) is 0 Å². The molecule has 1 aliphatic carbocycles. The Kier molecular flexibility index (Phi) is 2.52. The van der Waals surface area contributed by atoms with Gasteiger partial charge in [0.15, 0.2) is 0 Å². The number of nitrogens with one attached hydrogen (secondary N) is 1. The number of hydrogen-bond acceptors (Lipinski definition) is 2. The van der Waals surface area contributed by atoms with E-state index < -0.39 is 0 Å². The van der Waals surface area contributed by atoms with Crippen molar-refractivity contribution < 1.29 is 0 Å². The maximum absolute atomic E-state index is 11.2. The van der Waals surface area contributed by atoms with Crippen LogP contribution in [0.4, 0.5) is 0 Å². The zero-order valence-electron chi connectivity index (χ0n) is 9.52. The molecule has 0 bridgehead atoms. The van der Waals surface area contributed by atoms with Crippen molar-refractivity contribution in [2.75, 3.05) is 0 Å². The van der Waals surface area contributed by atoms with Gasteiger partial charge in [-0.3, -0.25) is 0 Å². The molecule has 3 heteroatoms. The van der Waals surface area contributed by atoms with Gasteiger partial charge < -0.3 is 4.98 Å². The predicted molar refractivity (Wildman–Crippen MR) is 66.9 cm³/mol. The molecule has 17 heavy (non-hydrogen) atoms. The van der Waals surface area contributed by atoms with Gasteiger partial charge in [0.1, 0.15) is 0 Å². The second-order valence-electron chi connectivity index (χ2n) is 4.54. The summed E-state index contributed by atoms with van der Waals surface area (Å²) in [6.45, 7) is 0. The van der Waals surface area contributed by atoms with E-state index in [0.717, 1.165) is 11.3 Å². The van der Waals surface area contributed by atoms with Crippen molar-refractivity contribution in [1.82, 2.24) is 9.97 Å². The Hall–Kier alpha value is -1.90. The van der Waals surface area contributed by atoms with Gasteiger partial charge in [0.25, 0.3) is 0 Å². The van der Waals surface area contributed by atoms with E-state index >= 15 is 0 Å². The molecule has 0 atom stereocenters. The van der Waals surface area contributed by atoms with Crippen molar-refractivity contribution in [3.63, 3.8) is 0 Å². The molecular weight excluding hydrogens is 212 g/mol. The Bertz CT molecular complexity index is 585. The molecule has 0 spiro atoms. The minimum atomic E-state index is -0.295. The molecule has 0 saturated heterocycles. The quantitative estimate of drug-likeness (QED) is 0.855. The van der Waals surface area contributed by atoms with Crippen LogP contribution in [0.5, 0.6) is 0 Å². The van der Waals surface area contributed by atoms with Gasteiger partial charge in [0, 0.05) is 6.20 Å². The summed E-state index contributed by atoms with van der Waals surface area (Å²) in [4.78, 5) is 17.6. The third kappa shape index (κ3) is 2.00. The Labute approximate surface area is 99.5 Å². The van der Waals surface area contributed by atoms with Gasteiger partial charge in [-0.05, 0) is 42.0 Å². The molecule has 0 unspecified atom stereocenters. The molecule has 2 aromatic rings. The first-order valence-electron chi connectivity index (χ1n) is 5.98. The molecule has 0 aliphatic heterocycles. The van der Waals surface area contributed by atoms with Gasteiger partial charge in [-0.1, -0.05) is 24.6 Å². The van der Waals surface area contributed by atoms with Crippen LogP contribution in [-0.4, -0.2) is 9.97 Å². The molecule has 0 amide bonds. The Morgan fingerprint density at radius 2 is 2.12 bits per heavy atom. The average Bonchev–Trinajstić information content (AvgIpc) is 2.27. The minimum Gasteiger partial charge on any atom is -0.305 e. The molecular formula is C14H14N2O. The molecule has 1 saturated carbocycles. The van der Waals surface area contributed by atoms with Crippen molar-refractivity contribution >= 4 is 0 Å². The Morgan fingerprint density at radius 3 is 2.82 bits per heavy atom. The van der Waals surface area contributed by atoms with Crippen LogP contribution in [0.2, 0.25) is 0 Å². The van der Waals surface area contributed by atoms with Crippen LogP contribution < -0.4 is 5.69 Å². The summed E-state index contributed by atoms with van der Waals surface area (Å²) in [5.74, 6) is 0.712. The van der Waals surface area contributed by atoms with Crippen molar-refractivity contribution in [3.05, 3.63) is 52.6 Å². The highest BCUT2D eigenvalue weighted by Gasteiger charge is 2.19. The number of rotatable bonds is 2. The third-order valence-corrected chi connectivity index (χ3v) is 3.45. The smallest absolute Gasteiger partial charge is 0.305 e. The van der Waals surface area contributed by atoms with E-state index in [-0.39, 0.29) is 5.69 Å². The van der Waals surface area contributed by atoms with Crippen molar-refractivity contribution in [2.24, 2.45) is 0 Å². The minimum absolute atomic E-state index is 0.295. The molecule has 1 heterocycles.